The first-order chi connectivity index (χ1) is 15.1. The lowest BCUT2D eigenvalue weighted by Crippen LogP contribution is -2.53. The molecule has 0 spiro atoms. The number of hydrogen-bond acceptors (Lipinski definition) is 5. The molecule has 0 aromatic heterocycles. The summed E-state index contributed by atoms with van der Waals surface area (Å²) in [5.41, 5.74) is 0.728. The highest BCUT2D eigenvalue weighted by Gasteiger charge is 2.26. The van der Waals surface area contributed by atoms with Crippen LogP contribution in [0.25, 0.3) is 0 Å². The quantitative estimate of drug-likeness (QED) is 0.282. The number of aliphatic imine (C=N–C) groups is 1. The Morgan fingerprint density at radius 2 is 1.97 bits per heavy atom. The lowest BCUT2D eigenvalue weighted by molar-refractivity contribution is -0.114. The van der Waals surface area contributed by atoms with Gasteiger partial charge in [0.2, 0.25) is 5.91 Å². The van der Waals surface area contributed by atoms with E-state index >= 15 is 0 Å². The Kier molecular flexibility index (Phi) is 11.2. The Bertz CT molecular complexity index is 688. The molecule has 1 fully saturated rings. The molecule has 0 saturated carbocycles. The van der Waals surface area contributed by atoms with Gasteiger partial charge in [0.15, 0.2) is 5.96 Å². The Balaban J connectivity index is 1.79. The first-order valence-electron chi connectivity index (χ1n) is 11.3. The van der Waals surface area contributed by atoms with E-state index in [1.807, 2.05) is 24.3 Å². The van der Waals surface area contributed by atoms with Crippen molar-refractivity contribution >= 4 is 17.6 Å². The maximum absolute atomic E-state index is 11.2. The molecule has 0 radical (unpaired) electrons. The Hall–Kier alpha value is -2.32. The average molecular weight is 434 g/mol. The number of amides is 1. The number of nitrogens with zero attached hydrogens (tertiary/aromatic N) is 2. The molecule has 2 rings (SSSR count). The lowest BCUT2D eigenvalue weighted by atomic mass is 9.92. The van der Waals surface area contributed by atoms with E-state index < -0.39 is 0 Å². The fraction of sp³-hybridized carbons (Fsp3) is 0.652. The SMILES string of the molecule is CCC(CC)C(CNC(=NC)NCCOc1cccc(NC(C)=O)c1)N1CCOCC1. The number of benzene rings is 1. The van der Waals surface area contributed by atoms with E-state index in [2.05, 4.69) is 39.7 Å². The van der Waals surface area contributed by atoms with Crippen LogP contribution < -0.4 is 20.7 Å². The van der Waals surface area contributed by atoms with Gasteiger partial charge < -0.3 is 25.4 Å². The minimum atomic E-state index is -0.0996. The standard InChI is InChI=1S/C23H39N5O3/c1-5-19(6-2)22(28-11-14-30-15-12-28)17-26-23(24-4)25-10-13-31-21-9-7-8-20(16-21)27-18(3)29/h7-9,16,19,22H,5-6,10-15,17H2,1-4H3,(H,27,29)(H2,24,25,26). The Morgan fingerprint density at radius 3 is 2.61 bits per heavy atom. The summed E-state index contributed by atoms with van der Waals surface area (Å²) in [5, 5.41) is 9.58. The average Bonchev–Trinajstić information content (AvgIpc) is 2.78. The summed E-state index contributed by atoms with van der Waals surface area (Å²) in [6.45, 7) is 11.6. The summed E-state index contributed by atoms with van der Waals surface area (Å²) in [6.07, 6.45) is 2.33. The molecule has 0 bridgehead atoms. The maximum Gasteiger partial charge on any atom is 0.221 e. The number of ether oxygens (including phenoxy) is 2. The predicted molar refractivity (Wildman–Crippen MR) is 126 cm³/mol. The van der Waals surface area contributed by atoms with E-state index in [4.69, 9.17) is 9.47 Å². The first-order valence-corrected chi connectivity index (χ1v) is 11.3. The molecule has 1 aliphatic rings. The Morgan fingerprint density at radius 1 is 1.23 bits per heavy atom. The van der Waals surface area contributed by atoms with Gasteiger partial charge in [-0.25, -0.2) is 0 Å². The number of guanidine groups is 1. The molecule has 1 aliphatic heterocycles. The summed E-state index contributed by atoms with van der Waals surface area (Å²) in [5.74, 6) is 2.04. The third kappa shape index (κ3) is 8.75. The zero-order valence-corrected chi connectivity index (χ0v) is 19.4. The highest BCUT2D eigenvalue weighted by Crippen LogP contribution is 2.20. The highest BCUT2D eigenvalue weighted by molar-refractivity contribution is 5.88. The van der Waals surface area contributed by atoms with Gasteiger partial charge in [0.25, 0.3) is 0 Å². The van der Waals surface area contributed by atoms with Crippen molar-refractivity contribution in [3.05, 3.63) is 24.3 Å². The second-order valence-electron chi connectivity index (χ2n) is 7.73. The van der Waals surface area contributed by atoms with Gasteiger partial charge in [-0.3, -0.25) is 14.7 Å². The second kappa shape index (κ2) is 13.9. The second-order valence-corrected chi connectivity index (χ2v) is 7.73. The van der Waals surface area contributed by atoms with Gasteiger partial charge in [0.1, 0.15) is 12.4 Å². The third-order valence-corrected chi connectivity index (χ3v) is 5.63. The van der Waals surface area contributed by atoms with Crippen LogP contribution in [0.4, 0.5) is 5.69 Å². The number of carbonyl (C=O) groups is 1. The number of morpholine rings is 1. The summed E-state index contributed by atoms with van der Waals surface area (Å²) in [6, 6.07) is 7.85. The van der Waals surface area contributed by atoms with Gasteiger partial charge in [0, 0.05) is 51.4 Å². The summed E-state index contributed by atoms with van der Waals surface area (Å²) < 4.78 is 11.3. The van der Waals surface area contributed by atoms with Gasteiger partial charge in [-0.05, 0) is 18.1 Å². The zero-order valence-electron chi connectivity index (χ0n) is 19.4. The fourth-order valence-corrected chi connectivity index (χ4v) is 3.96. The third-order valence-electron chi connectivity index (χ3n) is 5.63. The molecule has 3 N–H and O–H groups in total. The van der Waals surface area contributed by atoms with Crippen LogP contribution in [-0.4, -0.2) is 75.9 Å². The highest BCUT2D eigenvalue weighted by atomic mass is 16.5. The smallest absolute Gasteiger partial charge is 0.221 e. The van der Waals surface area contributed by atoms with Crippen molar-refractivity contribution in [2.45, 2.75) is 39.7 Å². The molecule has 31 heavy (non-hydrogen) atoms. The minimum Gasteiger partial charge on any atom is -0.492 e. The van der Waals surface area contributed by atoms with Crippen LogP contribution in [0.15, 0.2) is 29.3 Å². The topological polar surface area (TPSA) is 87.2 Å². The summed E-state index contributed by atoms with van der Waals surface area (Å²) in [7, 11) is 1.79. The molecule has 8 nitrogen and oxygen atoms in total. The minimum absolute atomic E-state index is 0.0996. The molecule has 0 aliphatic carbocycles. The van der Waals surface area contributed by atoms with E-state index in [-0.39, 0.29) is 5.91 Å². The van der Waals surface area contributed by atoms with E-state index in [1.54, 1.807) is 7.05 Å². The van der Waals surface area contributed by atoms with E-state index in [0.29, 0.717) is 25.1 Å². The molecule has 1 amide bonds. The van der Waals surface area contributed by atoms with Crippen molar-refractivity contribution in [3.63, 3.8) is 0 Å². The number of rotatable bonds is 11. The summed E-state index contributed by atoms with van der Waals surface area (Å²) >= 11 is 0. The lowest BCUT2D eigenvalue weighted by Gasteiger charge is -2.39. The molecule has 8 heteroatoms. The zero-order chi connectivity index (χ0) is 22.5. The van der Waals surface area contributed by atoms with Gasteiger partial charge >= 0.3 is 0 Å². The van der Waals surface area contributed by atoms with Crippen LogP contribution in [0.3, 0.4) is 0 Å². The molecular formula is C23H39N5O3. The van der Waals surface area contributed by atoms with Crippen LogP contribution >= 0.6 is 0 Å². The maximum atomic E-state index is 11.2. The van der Waals surface area contributed by atoms with Crippen molar-refractivity contribution in [2.24, 2.45) is 10.9 Å². The van der Waals surface area contributed by atoms with Crippen molar-refractivity contribution in [2.75, 3.05) is 58.4 Å². The molecule has 1 unspecified atom stereocenters. The normalized spacial score (nSPS) is 16.1. The first kappa shape index (κ1) is 24.9. The number of hydrogen-bond donors (Lipinski definition) is 3. The van der Waals surface area contributed by atoms with Gasteiger partial charge in [-0.1, -0.05) is 32.8 Å². The van der Waals surface area contributed by atoms with E-state index in [1.165, 1.54) is 6.92 Å². The molecule has 1 heterocycles. The molecule has 174 valence electrons. The van der Waals surface area contributed by atoms with Crippen LogP contribution in [0.2, 0.25) is 0 Å². The number of nitrogens with one attached hydrogen (secondary N) is 3. The fourth-order valence-electron chi connectivity index (χ4n) is 3.96. The number of carbonyl (C=O) groups excluding carboxylic acids is 1. The van der Waals surface area contributed by atoms with Gasteiger partial charge in [-0.15, -0.1) is 0 Å². The van der Waals surface area contributed by atoms with Crippen LogP contribution in [-0.2, 0) is 9.53 Å². The van der Waals surface area contributed by atoms with Gasteiger partial charge in [-0.2, -0.15) is 0 Å². The van der Waals surface area contributed by atoms with Crippen molar-refractivity contribution in [1.29, 1.82) is 0 Å². The number of anilines is 1. The van der Waals surface area contributed by atoms with Crippen molar-refractivity contribution in [3.8, 4) is 5.75 Å². The predicted octanol–water partition coefficient (Wildman–Crippen LogP) is 2.33. The monoisotopic (exact) mass is 433 g/mol. The molecule has 1 atom stereocenters. The molecule has 1 saturated heterocycles. The van der Waals surface area contributed by atoms with Crippen LogP contribution in [0.5, 0.6) is 5.75 Å². The van der Waals surface area contributed by atoms with E-state index in [0.717, 1.165) is 63.1 Å². The van der Waals surface area contributed by atoms with Crippen LogP contribution in [0, 0.1) is 5.92 Å². The van der Waals surface area contributed by atoms with Crippen molar-refractivity contribution in [1.82, 2.24) is 15.5 Å². The van der Waals surface area contributed by atoms with Crippen LogP contribution in [0.1, 0.15) is 33.6 Å². The summed E-state index contributed by atoms with van der Waals surface area (Å²) in [4.78, 5) is 18.1. The molecule has 1 aromatic rings. The Labute approximate surface area is 186 Å². The van der Waals surface area contributed by atoms with Gasteiger partial charge in [0.05, 0.1) is 19.8 Å². The molecular weight excluding hydrogens is 394 g/mol. The van der Waals surface area contributed by atoms with E-state index in [9.17, 15) is 4.79 Å². The molecule has 1 aromatic carbocycles. The largest absolute Gasteiger partial charge is 0.492 e. The van der Waals surface area contributed by atoms with Crippen molar-refractivity contribution < 1.29 is 14.3 Å².